The highest BCUT2D eigenvalue weighted by Crippen LogP contribution is 2.14. The molecule has 1 aliphatic rings. The van der Waals surface area contributed by atoms with E-state index in [1.807, 2.05) is 0 Å². The van der Waals surface area contributed by atoms with Crippen molar-refractivity contribution in [1.29, 1.82) is 0 Å². The third-order valence-corrected chi connectivity index (χ3v) is 2.27. The van der Waals surface area contributed by atoms with E-state index in [4.69, 9.17) is 6.42 Å². The van der Waals surface area contributed by atoms with Gasteiger partial charge in [0.2, 0.25) is 0 Å². The maximum atomic E-state index is 11.2. The highest BCUT2D eigenvalue weighted by atomic mass is 16.2. The molecular formula is C10H9N3O. The van der Waals surface area contributed by atoms with E-state index in [1.54, 1.807) is 11.1 Å². The molecule has 4 nitrogen and oxygen atoms in total. The summed E-state index contributed by atoms with van der Waals surface area (Å²) in [6, 6.07) is 0. The summed E-state index contributed by atoms with van der Waals surface area (Å²) in [6.07, 6.45) is 9.07. The van der Waals surface area contributed by atoms with Crippen LogP contribution in [0.15, 0.2) is 12.5 Å². The lowest BCUT2D eigenvalue weighted by molar-refractivity contribution is -0.125. The number of fused-ring (bicyclic) bond motifs is 1. The van der Waals surface area contributed by atoms with E-state index in [-0.39, 0.29) is 5.91 Å². The summed E-state index contributed by atoms with van der Waals surface area (Å²) >= 11 is 0. The monoisotopic (exact) mass is 187 g/mol. The maximum absolute atomic E-state index is 11.2. The predicted octanol–water partition coefficient (Wildman–Crippen LogP) is -0.00550. The number of nitrogens with zero attached hydrogens (tertiary/aromatic N) is 3. The Morgan fingerprint density at radius 2 is 2.50 bits per heavy atom. The molecule has 1 aromatic rings. The second-order valence-electron chi connectivity index (χ2n) is 3.12. The van der Waals surface area contributed by atoms with Gasteiger partial charge < -0.3 is 4.90 Å². The molecule has 14 heavy (non-hydrogen) atoms. The molecular weight excluding hydrogens is 178 g/mol. The van der Waals surface area contributed by atoms with E-state index < -0.39 is 0 Å². The first-order valence-electron chi connectivity index (χ1n) is 4.34. The van der Waals surface area contributed by atoms with Crippen LogP contribution in [-0.4, -0.2) is 27.3 Å². The van der Waals surface area contributed by atoms with Gasteiger partial charge in [0.05, 0.1) is 5.69 Å². The van der Waals surface area contributed by atoms with Crippen LogP contribution in [0.1, 0.15) is 11.3 Å². The van der Waals surface area contributed by atoms with Gasteiger partial charge in [0, 0.05) is 31.3 Å². The zero-order valence-electron chi connectivity index (χ0n) is 7.60. The molecule has 0 spiro atoms. The highest BCUT2D eigenvalue weighted by Gasteiger charge is 2.19. The van der Waals surface area contributed by atoms with Crippen LogP contribution in [0.2, 0.25) is 0 Å². The van der Waals surface area contributed by atoms with Gasteiger partial charge in [-0.05, 0) is 5.92 Å². The summed E-state index contributed by atoms with van der Waals surface area (Å²) in [5.74, 6) is 1.85. The van der Waals surface area contributed by atoms with Gasteiger partial charge in [-0.1, -0.05) is 0 Å². The van der Waals surface area contributed by atoms with Gasteiger partial charge >= 0.3 is 0 Å². The molecule has 0 atom stereocenters. The molecule has 0 saturated carbocycles. The van der Waals surface area contributed by atoms with E-state index in [0.717, 1.165) is 17.7 Å². The zero-order chi connectivity index (χ0) is 9.97. The van der Waals surface area contributed by atoms with Crippen molar-refractivity contribution >= 4 is 5.91 Å². The van der Waals surface area contributed by atoms with Crippen molar-refractivity contribution in [1.82, 2.24) is 14.9 Å². The third-order valence-electron chi connectivity index (χ3n) is 2.27. The zero-order valence-corrected chi connectivity index (χ0v) is 7.60. The van der Waals surface area contributed by atoms with Gasteiger partial charge in [-0.3, -0.25) is 4.79 Å². The smallest absolute Gasteiger partial charge is 0.298 e. The van der Waals surface area contributed by atoms with Gasteiger partial charge in [0.25, 0.3) is 5.91 Å². The van der Waals surface area contributed by atoms with Crippen LogP contribution in [-0.2, 0) is 17.8 Å². The minimum absolute atomic E-state index is 0.264. The van der Waals surface area contributed by atoms with E-state index in [9.17, 15) is 4.79 Å². The number of hydrogen-bond acceptors (Lipinski definition) is 3. The Bertz CT molecular complexity index is 408. The molecule has 0 radical (unpaired) electrons. The number of amides is 1. The van der Waals surface area contributed by atoms with Gasteiger partial charge in [-0.15, -0.1) is 6.42 Å². The first kappa shape index (κ1) is 8.70. The Morgan fingerprint density at radius 1 is 1.64 bits per heavy atom. The van der Waals surface area contributed by atoms with Crippen LogP contribution in [0.3, 0.4) is 0 Å². The second-order valence-corrected chi connectivity index (χ2v) is 3.12. The SMILES string of the molecule is C#CC(=O)N1CCc2ncncc2C1. The largest absolute Gasteiger partial charge is 0.327 e. The summed E-state index contributed by atoms with van der Waals surface area (Å²) in [6.45, 7) is 1.17. The molecule has 70 valence electrons. The molecule has 1 aliphatic heterocycles. The number of carbonyl (C=O) groups excluding carboxylic acids is 1. The molecule has 2 heterocycles. The number of aromatic nitrogens is 2. The summed E-state index contributed by atoms with van der Waals surface area (Å²) in [5, 5.41) is 0. The second kappa shape index (κ2) is 3.46. The summed E-state index contributed by atoms with van der Waals surface area (Å²) in [7, 11) is 0. The van der Waals surface area contributed by atoms with Crippen LogP contribution >= 0.6 is 0 Å². The molecule has 0 N–H and O–H groups in total. The molecule has 1 amide bonds. The summed E-state index contributed by atoms with van der Waals surface area (Å²) in [4.78, 5) is 20.9. The molecule has 0 unspecified atom stereocenters. The van der Waals surface area contributed by atoms with Crippen LogP contribution in [0.25, 0.3) is 0 Å². The molecule has 0 saturated heterocycles. The van der Waals surface area contributed by atoms with Crippen LogP contribution < -0.4 is 0 Å². The van der Waals surface area contributed by atoms with E-state index in [2.05, 4.69) is 15.9 Å². The standard InChI is InChI=1S/C10H9N3O/c1-2-10(14)13-4-3-9-8(6-13)5-11-7-12-9/h1,5,7H,3-4,6H2. The number of terminal acetylenes is 1. The average Bonchev–Trinajstić information content (AvgIpc) is 2.27. The number of rotatable bonds is 0. The van der Waals surface area contributed by atoms with Crippen LogP contribution in [0.4, 0.5) is 0 Å². The molecule has 0 aliphatic carbocycles. The Hall–Kier alpha value is -1.89. The molecule has 0 bridgehead atoms. The number of hydrogen-bond donors (Lipinski definition) is 0. The predicted molar refractivity (Wildman–Crippen MR) is 50.0 cm³/mol. The van der Waals surface area contributed by atoms with Gasteiger partial charge in [0.1, 0.15) is 6.33 Å². The van der Waals surface area contributed by atoms with Gasteiger partial charge in [-0.25, -0.2) is 9.97 Å². The summed E-state index contributed by atoms with van der Waals surface area (Å²) < 4.78 is 0. The fraction of sp³-hybridized carbons (Fsp3) is 0.300. The quantitative estimate of drug-likeness (QED) is 0.537. The Balaban J connectivity index is 2.22. The van der Waals surface area contributed by atoms with E-state index >= 15 is 0 Å². The lowest BCUT2D eigenvalue weighted by Gasteiger charge is -2.25. The van der Waals surface area contributed by atoms with E-state index in [0.29, 0.717) is 13.1 Å². The minimum Gasteiger partial charge on any atom is -0.327 e. The Morgan fingerprint density at radius 3 is 3.29 bits per heavy atom. The first-order chi connectivity index (χ1) is 6.81. The normalized spacial score (nSPS) is 14.4. The Labute approximate surface area is 82.0 Å². The van der Waals surface area contributed by atoms with Crippen LogP contribution in [0.5, 0.6) is 0 Å². The Kier molecular flexibility index (Phi) is 2.15. The average molecular weight is 187 g/mol. The summed E-state index contributed by atoms with van der Waals surface area (Å²) in [5.41, 5.74) is 2.00. The molecule has 0 fully saturated rings. The number of carbonyl (C=O) groups is 1. The van der Waals surface area contributed by atoms with Gasteiger partial charge in [0.15, 0.2) is 0 Å². The molecule has 2 rings (SSSR count). The fourth-order valence-corrected chi connectivity index (χ4v) is 1.53. The molecule has 0 aromatic carbocycles. The van der Waals surface area contributed by atoms with Crippen molar-refractivity contribution < 1.29 is 4.79 Å². The topological polar surface area (TPSA) is 46.1 Å². The minimum atomic E-state index is -0.264. The highest BCUT2D eigenvalue weighted by molar-refractivity contribution is 5.92. The third kappa shape index (κ3) is 1.44. The van der Waals surface area contributed by atoms with Crippen molar-refractivity contribution in [3.05, 3.63) is 23.8 Å². The van der Waals surface area contributed by atoms with Gasteiger partial charge in [-0.2, -0.15) is 0 Å². The van der Waals surface area contributed by atoms with Crippen molar-refractivity contribution in [2.75, 3.05) is 6.54 Å². The first-order valence-corrected chi connectivity index (χ1v) is 4.34. The van der Waals surface area contributed by atoms with Crippen molar-refractivity contribution in [3.63, 3.8) is 0 Å². The van der Waals surface area contributed by atoms with Crippen molar-refractivity contribution in [3.8, 4) is 12.3 Å². The fourth-order valence-electron chi connectivity index (χ4n) is 1.53. The maximum Gasteiger partial charge on any atom is 0.298 e. The van der Waals surface area contributed by atoms with Crippen molar-refractivity contribution in [2.24, 2.45) is 0 Å². The van der Waals surface area contributed by atoms with E-state index in [1.165, 1.54) is 6.33 Å². The molecule has 1 aromatic heterocycles. The lowest BCUT2D eigenvalue weighted by Crippen LogP contribution is -2.35. The lowest BCUT2D eigenvalue weighted by atomic mass is 10.1. The van der Waals surface area contributed by atoms with Crippen LogP contribution in [0, 0.1) is 12.3 Å². The van der Waals surface area contributed by atoms with Crippen molar-refractivity contribution in [2.45, 2.75) is 13.0 Å². The molecule has 4 heteroatoms.